The number of nitrogens with zero attached hydrogens (tertiary/aromatic N) is 1. The van der Waals surface area contributed by atoms with Crippen LogP contribution in [0.25, 0.3) is 0 Å². The summed E-state index contributed by atoms with van der Waals surface area (Å²) < 4.78 is 5.74. The van der Waals surface area contributed by atoms with Crippen LogP contribution in [0.5, 0.6) is 5.75 Å². The van der Waals surface area contributed by atoms with Gasteiger partial charge in [-0.3, -0.25) is 0 Å². The van der Waals surface area contributed by atoms with Gasteiger partial charge in [-0.25, -0.2) is 4.98 Å². The molecule has 0 aliphatic carbocycles. The lowest BCUT2D eigenvalue weighted by Gasteiger charge is -2.09. The number of ether oxygens (including phenoxy) is 1. The van der Waals surface area contributed by atoms with Gasteiger partial charge in [-0.2, -0.15) is 0 Å². The number of benzene rings is 1. The minimum Gasteiger partial charge on any atom is -0.489 e. The van der Waals surface area contributed by atoms with Crippen LogP contribution in [0.4, 0.5) is 5.82 Å². The van der Waals surface area contributed by atoms with E-state index in [1.165, 1.54) is 0 Å². The highest BCUT2D eigenvalue weighted by molar-refractivity contribution is 6.31. The number of hydrogen-bond acceptors (Lipinski definition) is 3. The molecule has 0 amide bonds. The highest BCUT2D eigenvalue weighted by atomic mass is 35.5. The summed E-state index contributed by atoms with van der Waals surface area (Å²) in [6.07, 6.45) is 2.71. The molecule has 0 radical (unpaired) electrons. The molecule has 0 fully saturated rings. The van der Waals surface area contributed by atoms with Crippen LogP contribution in [0.1, 0.15) is 18.1 Å². The number of rotatable bonds is 5. The summed E-state index contributed by atoms with van der Waals surface area (Å²) in [5.41, 5.74) is 2.13. The first-order valence-corrected chi connectivity index (χ1v) is 6.64. The van der Waals surface area contributed by atoms with Crippen molar-refractivity contribution in [1.82, 2.24) is 4.98 Å². The molecule has 1 aromatic heterocycles. The highest BCUT2D eigenvalue weighted by Gasteiger charge is 2.02. The summed E-state index contributed by atoms with van der Waals surface area (Å²) in [7, 11) is 1.85. The Balaban J connectivity index is 2.01. The summed E-state index contributed by atoms with van der Waals surface area (Å²) in [5, 5.41) is 3.77. The van der Waals surface area contributed by atoms with Gasteiger partial charge in [0.1, 0.15) is 18.2 Å². The second-order valence-electron chi connectivity index (χ2n) is 4.20. The minimum absolute atomic E-state index is 0.502. The minimum atomic E-state index is 0.502. The average molecular weight is 277 g/mol. The van der Waals surface area contributed by atoms with Crippen LogP contribution in [-0.4, -0.2) is 12.0 Å². The second kappa shape index (κ2) is 6.43. The molecular formula is C15H17ClN2O. The van der Waals surface area contributed by atoms with Crippen LogP contribution >= 0.6 is 11.6 Å². The van der Waals surface area contributed by atoms with E-state index < -0.39 is 0 Å². The Morgan fingerprint density at radius 3 is 2.74 bits per heavy atom. The zero-order chi connectivity index (χ0) is 13.7. The van der Waals surface area contributed by atoms with Crippen LogP contribution in [0, 0.1) is 0 Å². The van der Waals surface area contributed by atoms with E-state index in [0.717, 1.165) is 34.1 Å². The van der Waals surface area contributed by atoms with Crippen molar-refractivity contribution in [1.29, 1.82) is 0 Å². The van der Waals surface area contributed by atoms with Crippen molar-refractivity contribution in [2.24, 2.45) is 0 Å². The molecular weight excluding hydrogens is 260 g/mol. The van der Waals surface area contributed by atoms with E-state index >= 15 is 0 Å². The van der Waals surface area contributed by atoms with E-state index in [-0.39, 0.29) is 0 Å². The van der Waals surface area contributed by atoms with Crippen molar-refractivity contribution in [3.63, 3.8) is 0 Å². The Kier molecular flexibility index (Phi) is 4.63. The molecule has 3 nitrogen and oxygen atoms in total. The molecule has 2 aromatic rings. The third-order valence-corrected chi connectivity index (χ3v) is 3.25. The third kappa shape index (κ3) is 3.61. The number of aryl methyl sites for hydroxylation is 1. The topological polar surface area (TPSA) is 34.1 Å². The molecule has 19 heavy (non-hydrogen) atoms. The Morgan fingerprint density at radius 2 is 2.11 bits per heavy atom. The Morgan fingerprint density at radius 1 is 1.26 bits per heavy atom. The molecule has 0 aliphatic heterocycles. The lowest BCUT2D eigenvalue weighted by atomic mass is 10.1. The standard InChI is InChI=1S/C15H17ClN2O/c1-3-12-8-13(5-6-14(12)16)19-10-11-4-7-15(17-2)18-9-11/h4-9H,3,10H2,1-2H3,(H,17,18). The smallest absolute Gasteiger partial charge is 0.125 e. The van der Waals surface area contributed by atoms with E-state index in [4.69, 9.17) is 16.3 Å². The van der Waals surface area contributed by atoms with E-state index in [9.17, 15) is 0 Å². The number of anilines is 1. The first kappa shape index (κ1) is 13.7. The number of halogens is 1. The van der Waals surface area contributed by atoms with E-state index in [1.807, 2.05) is 43.6 Å². The third-order valence-electron chi connectivity index (χ3n) is 2.88. The van der Waals surface area contributed by atoms with Crippen LogP contribution in [0.15, 0.2) is 36.5 Å². The van der Waals surface area contributed by atoms with Crippen molar-refractivity contribution in [2.75, 3.05) is 12.4 Å². The van der Waals surface area contributed by atoms with Crippen molar-refractivity contribution in [2.45, 2.75) is 20.0 Å². The monoisotopic (exact) mass is 276 g/mol. The zero-order valence-electron chi connectivity index (χ0n) is 11.1. The van der Waals surface area contributed by atoms with Crippen LogP contribution in [0.3, 0.4) is 0 Å². The summed E-state index contributed by atoms with van der Waals surface area (Å²) in [6.45, 7) is 2.58. The molecule has 1 N–H and O–H groups in total. The number of hydrogen-bond donors (Lipinski definition) is 1. The molecule has 0 bridgehead atoms. The number of nitrogens with one attached hydrogen (secondary N) is 1. The molecule has 0 saturated carbocycles. The molecule has 0 saturated heterocycles. The molecule has 1 aromatic carbocycles. The van der Waals surface area contributed by atoms with E-state index in [2.05, 4.69) is 17.2 Å². The largest absolute Gasteiger partial charge is 0.489 e. The summed E-state index contributed by atoms with van der Waals surface area (Å²) in [4.78, 5) is 4.25. The maximum atomic E-state index is 6.07. The molecule has 4 heteroatoms. The van der Waals surface area contributed by atoms with Crippen molar-refractivity contribution in [3.8, 4) is 5.75 Å². The van der Waals surface area contributed by atoms with Crippen LogP contribution in [0.2, 0.25) is 5.02 Å². The lowest BCUT2D eigenvalue weighted by Crippen LogP contribution is -1.98. The lowest BCUT2D eigenvalue weighted by molar-refractivity contribution is 0.305. The fourth-order valence-electron chi connectivity index (χ4n) is 1.74. The summed E-state index contributed by atoms with van der Waals surface area (Å²) in [5.74, 6) is 1.68. The van der Waals surface area contributed by atoms with Gasteiger partial charge in [-0.1, -0.05) is 24.6 Å². The zero-order valence-corrected chi connectivity index (χ0v) is 11.9. The maximum absolute atomic E-state index is 6.07. The van der Waals surface area contributed by atoms with Crippen LogP contribution in [-0.2, 0) is 13.0 Å². The van der Waals surface area contributed by atoms with E-state index in [1.54, 1.807) is 0 Å². The number of pyridine rings is 1. The highest BCUT2D eigenvalue weighted by Crippen LogP contribution is 2.23. The van der Waals surface area contributed by atoms with E-state index in [0.29, 0.717) is 6.61 Å². The SMILES string of the molecule is CCc1cc(OCc2ccc(NC)nc2)ccc1Cl. The van der Waals surface area contributed by atoms with Gasteiger partial charge in [0, 0.05) is 23.8 Å². The molecule has 1 heterocycles. The van der Waals surface area contributed by atoms with Crippen LogP contribution < -0.4 is 10.1 Å². The first-order chi connectivity index (χ1) is 9.22. The molecule has 2 rings (SSSR count). The summed E-state index contributed by atoms with van der Waals surface area (Å²) >= 11 is 6.07. The van der Waals surface area contributed by atoms with Crippen molar-refractivity contribution >= 4 is 17.4 Å². The van der Waals surface area contributed by atoms with Gasteiger partial charge in [0.25, 0.3) is 0 Å². The Hall–Kier alpha value is -1.74. The Labute approximate surface area is 118 Å². The molecule has 0 aliphatic rings. The fourth-order valence-corrected chi connectivity index (χ4v) is 1.99. The normalized spacial score (nSPS) is 10.3. The second-order valence-corrected chi connectivity index (χ2v) is 4.60. The Bertz CT molecular complexity index is 540. The van der Waals surface area contributed by atoms with Crippen molar-refractivity contribution < 1.29 is 4.74 Å². The molecule has 100 valence electrons. The quantitative estimate of drug-likeness (QED) is 0.899. The molecule has 0 atom stereocenters. The van der Waals surface area contributed by atoms with Gasteiger partial charge < -0.3 is 10.1 Å². The predicted molar refractivity (Wildman–Crippen MR) is 78.9 cm³/mol. The molecule has 0 unspecified atom stereocenters. The van der Waals surface area contributed by atoms with Gasteiger partial charge in [0.05, 0.1) is 0 Å². The van der Waals surface area contributed by atoms with Gasteiger partial charge in [0.2, 0.25) is 0 Å². The predicted octanol–water partition coefficient (Wildman–Crippen LogP) is 3.92. The van der Waals surface area contributed by atoms with Crippen molar-refractivity contribution in [3.05, 3.63) is 52.7 Å². The molecule has 0 spiro atoms. The average Bonchev–Trinajstić information content (AvgIpc) is 2.47. The summed E-state index contributed by atoms with van der Waals surface area (Å²) in [6, 6.07) is 9.67. The van der Waals surface area contributed by atoms with Gasteiger partial charge in [-0.05, 0) is 36.2 Å². The van der Waals surface area contributed by atoms with Gasteiger partial charge >= 0.3 is 0 Å². The fraction of sp³-hybridized carbons (Fsp3) is 0.267. The first-order valence-electron chi connectivity index (χ1n) is 6.27. The van der Waals surface area contributed by atoms with Gasteiger partial charge in [-0.15, -0.1) is 0 Å². The number of aromatic nitrogens is 1. The van der Waals surface area contributed by atoms with Gasteiger partial charge in [0.15, 0.2) is 0 Å². The maximum Gasteiger partial charge on any atom is 0.125 e.